The molecule has 0 aliphatic carbocycles. The molecule has 2 rings (SSSR count). The quantitative estimate of drug-likeness (QED) is 0.834. The number of carboxylic acids is 1. The Bertz CT molecular complexity index is 612. The zero-order chi connectivity index (χ0) is 14.0. The normalized spacial score (nSPS) is 10.4. The molecule has 0 unspecified atom stereocenters. The summed E-state index contributed by atoms with van der Waals surface area (Å²) in [6.45, 7) is 0. The maximum atomic E-state index is 10.9. The van der Waals surface area contributed by atoms with Crippen molar-refractivity contribution in [3.63, 3.8) is 0 Å². The number of rotatable bonds is 4. The summed E-state index contributed by atoms with van der Waals surface area (Å²) in [6.07, 6.45) is 0. The molecule has 1 aromatic heterocycles. The number of nitrogens with two attached hydrogens (primary N) is 1. The molecule has 100 valence electrons. The number of benzene rings is 1. The van der Waals surface area contributed by atoms with Crippen LogP contribution in [0.1, 0.15) is 10.4 Å². The minimum absolute atomic E-state index is 0.107. The lowest BCUT2D eigenvalue weighted by molar-refractivity contribution is 0.0698. The van der Waals surface area contributed by atoms with Crippen LogP contribution in [0.4, 0.5) is 10.8 Å². The van der Waals surface area contributed by atoms with Gasteiger partial charge in [-0.2, -0.15) is 0 Å². The number of anilines is 2. The predicted octanol–water partition coefficient (Wildman–Crippen LogP) is 2.04. The summed E-state index contributed by atoms with van der Waals surface area (Å²) in [6, 6.07) is 4.83. The molecular formula is C11H12N4O2S2. The van der Waals surface area contributed by atoms with E-state index in [0.29, 0.717) is 0 Å². The molecule has 19 heavy (non-hydrogen) atoms. The third kappa shape index (κ3) is 3.15. The van der Waals surface area contributed by atoms with Crippen LogP contribution in [0.5, 0.6) is 0 Å². The lowest BCUT2D eigenvalue weighted by atomic mass is 10.2. The molecule has 0 fully saturated rings. The Morgan fingerprint density at radius 2 is 2.16 bits per heavy atom. The number of carbonyl (C=O) groups is 1. The van der Waals surface area contributed by atoms with E-state index in [4.69, 9.17) is 10.8 Å². The summed E-state index contributed by atoms with van der Waals surface area (Å²) in [5.41, 5.74) is 6.05. The minimum Gasteiger partial charge on any atom is -0.478 e. The standard InChI is InChI=1S/C11H12N4O2S2/c1-15(2)10-13-14-11(19-10)18-6-3-4-7(9(16)17)8(12)5-6/h3-5H,12H2,1-2H3,(H,16,17). The Labute approximate surface area is 118 Å². The third-order valence-electron chi connectivity index (χ3n) is 2.24. The second-order valence-corrected chi connectivity index (χ2v) is 6.18. The van der Waals surface area contributed by atoms with Crippen LogP contribution in [0, 0.1) is 0 Å². The fraction of sp³-hybridized carbons (Fsp3) is 0.182. The highest BCUT2D eigenvalue weighted by atomic mass is 32.2. The lowest BCUT2D eigenvalue weighted by Gasteiger charge is -2.04. The van der Waals surface area contributed by atoms with Gasteiger partial charge in [0.25, 0.3) is 0 Å². The first-order valence-corrected chi connectivity index (χ1v) is 6.92. The van der Waals surface area contributed by atoms with E-state index in [1.807, 2.05) is 19.0 Å². The fourth-order valence-corrected chi connectivity index (χ4v) is 3.11. The van der Waals surface area contributed by atoms with Crippen LogP contribution in [0.25, 0.3) is 0 Å². The topological polar surface area (TPSA) is 92.3 Å². The van der Waals surface area contributed by atoms with Crippen LogP contribution in [-0.4, -0.2) is 35.4 Å². The number of hydrogen-bond donors (Lipinski definition) is 2. The fourth-order valence-electron chi connectivity index (χ4n) is 1.32. The van der Waals surface area contributed by atoms with Crippen molar-refractivity contribution in [2.45, 2.75) is 9.24 Å². The van der Waals surface area contributed by atoms with Gasteiger partial charge in [-0.05, 0) is 18.2 Å². The molecular weight excluding hydrogens is 284 g/mol. The van der Waals surface area contributed by atoms with Crippen LogP contribution in [0.2, 0.25) is 0 Å². The zero-order valence-electron chi connectivity index (χ0n) is 10.3. The summed E-state index contributed by atoms with van der Waals surface area (Å²) in [4.78, 5) is 13.6. The number of nitrogens with zero attached hydrogens (tertiary/aromatic N) is 3. The molecule has 0 radical (unpaired) electrons. The number of hydrogen-bond acceptors (Lipinski definition) is 7. The number of aromatic carboxylic acids is 1. The molecule has 1 heterocycles. The molecule has 0 bridgehead atoms. The monoisotopic (exact) mass is 296 g/mol. The van der Waals surface area contributed by atoms with Gasteiger partial charge in [0, 0.05) is 24.7 Å². The summed E-state index contributed by atoms with van der Waals surface area (Å²) in [7, 11) is 3.79. The zero-order valence-corrected chi connectivity index (χ0v) is 12.0. The number of nitrogen functional groups attached to an aromatic ring is 1. The molecule has 6 nitrogen and oxygen atoms in total. The Balaban J connectivity index is 2.19. The molecule has 0 aliphatic heterocycles. The first kappa shape index (κ1) is 13.6. The number of carboxylic acid groups (broad SMARTS) is 1. The molecule has 2 aromatic rings. The highest BCUT2D eigenvalue weighted by Crippen LogP contribution is 2.34. The van der Waals surface area contributed by atoms with E-state index in [-0.39, 0.29) is 11.3 Å². The van der Waals surface area contributed by atoms with Gasteiger partial charge in [0.2, 0.25) is 5.13 Å². The van der Waals surface area contributed by atoms with E-state index in [9.17, 15) is 4.79 Å². The molecule has 0 saturated carbocycles. The Morgan fingerprint density at radius 1 is 1.42 bits per heavy atom. The van der Waals surface area contributed by atoms with Gasteiger partial charge in [0.1, 0.15) is 0 Å². The Kier molecular flexibility index (Phi) is 3.91. The van der Waals surface area contributed by atoms with Gasteiger partial charge in [-0.3, -0.25) is 0 Å². The van der Waals surface area contributed by atoms with Gasteiger partial charge in [0.05, 0.1) is 5.56 Å². The Hall–Kier alpha value is -1.80. The number of aromatic nitrogens is 2. The van der Waals surface area contributed by atoms with Crippen molar-refractivity contribution in [3.05, 3.63) is 23.8 Å². The average molecular weight is 296 g/mol. The van der Waals surface area contributed by atoms with E-state index in [2.05, 4.69) is 10.2 Å². The molecule has 3 N–H and O–H groups in total. The third-order valence-corrected chi connectivity index (χ3v) is 4.37. The van der Waals surface area contributed by atoms with Gasteiger partial charge in [0.15, 0.2) is 4.34 Å². The highest BCUT2D eigenvalue weighted by molar-refractivity contribution is 8.01. The van der Waals surface area contributed by atoms with Crippen molar-refractivity contribution < 1.29 is 9.90 Å². The second kappa shape index (κ2) is 5.45. The van der Waals surface area contributed by atoms with Crippen molar-refractivity contribution in [1.29, 1.82) is 0 Å². The van der Waals surface area contributed by atoms with Gasteiger partial charge < -0.3 is 15.7 Å². The van der Waals surface area contributed by atoms with Crippen molar-refractivity contribution >= 4 is 39.9 Å². The SMILES string of the molecule is CN(C)c1nnc(Sc2ccc(C(=O)O)c(N)c2)s1. The van der Waals surface area contributed by atoms with Crippen molar-refractivity contribution in [2.24, 2.45) is 0 Å². The minimum atomic E-state index is -1.03. The Morgan fingerprint density at radius 3 is 2.68 bits per heavy atom. The molecule has 8 heteroatoms. The molecule has 0 aliphatic rings. The highest BCUT2D eigenvalue weighted by Gasteiger charge is 2.11. The van der Waals surface area contributed by atoms with Crippen molar-refractivity contribution in [3.8, 4) is 0 Å². The van der Waals surface area contributed by atoms with Crippen molar-refractivity contribution in [2.75, 3.05) is 24.7 Å². The van der Waals surface area contributed by atoms with Gasteiger partial charge in [-0.1, -0.05) is 23.1 Å². The van der Waals surface area contributed by atoms with E-state index < -0.39 is 5.97 Å². The molecule has 1 aromatic carbocycles. The molecule has 0 spiro atoms. The van der Waals surface area contributed by atoms with Crippen LogP contribution >= 0.6 is 23.1 Å². The first-order valence-electron chi connectivity index (χ1n) is 5.29. The first-order chi connectivity index (χ1) is 8.97. The van der Waals surface area contributed by atoms with Crippen LogP contribution in [-0.2, 0) is 0 Å². The molecule has 0 saturated heterocycles. The van der Waals surface area contributed by atoms with Crippen LogP contribution in [0.3, 0.4) is 0 Å². The second-order valence-electron chi connectivity index (χ2n) is 3.90. The molecule has 0 atom stereocenters. The van der Waals surface area contributed by atoms with E-state index in [1.165, 1.54) is 29.2 Å². The largest absolute Gasteiger partial charge is 0.478 e. The molecule has 0 amide bonds. The van der Waals surface area contributed by atoms with Crippen LogP contribution in [0.15, 0.2) is 27.4 Å². The maximum Gasteiger partial charge on any atom is 0.337 e. The van der Waals surface area contributed by atoms with Gasteiger partial charge in [-0.15, -0.1) is 10.2 Å². The smallest absolute Gasteiger partial charge is 0.337 e. The predicted molar refractivity (Wildman–Crippen MR) is 76.2 cm³/mol. The van der Waals surface area contributed by atoms with Gasteiger partial charge in [-0.25, -0.2) is 4.79 Å². The summed E-state index contributed by atoms with van der Waals surface area (Å²) in [5.74, 6) is -1.03. The van der Waals surface area contributed by atoms with Gasteiger partial charge >= 0.3 is 5.97 Å². The van der Waals surface area contributed by atoms with E-state index in [1.54, 1.807) is 12.1 Å². The lowest BCUT2D eigenvalue weighted by Crippen LogP contribution is -2.07. The summed E-state index contributed by atoms with van der Waals surface area (Å²) >= 11 is 2.87. The summed E-state index contributed by atoms with van der Waals surface area (Å²) in [5, 5.41) is 17.8. The van der Waals surface area contributed by atoms with Crippen molar-refractivity contribution in [1.82, 2.24) is 10.2 Å². The average Bonchev–Trinajstić information content (AvgIpc) is 2.77. The van der Waals surface area contributed by atoms with Crippen LogP contribution < -0.4 is 10.6 Å². The maximum absolute atomic E-state index is 10.9. The summed E-state index contributed by atoms with van der Waals surface area (Å²) < 4.78 is 0.783. The van der Waals surface area contributed by atoms with E-state index >= 15 is 0 Å². The van der Waals surface area contributed by atoms with E-state index in [0.717, 1.165) is 14.4 Å².